The molecule has 1 atom stereocenters. The predicted molar refractivity (Wildman–Crippen MR) is 55.0 cm³/mol. The number of hydrogen-bond acceptors (Lipinski definition) is 2. The molecule has 0 bridgehead atoms. The molecule has 1 aromatic carbocycles. The first kappa shape index (κ1) is 11.0. The van der Waals surface area contributed by atoms with Crippen LogP contribution in [0.1, 0.15) is 24.8 Å². The summed E-state index contributed by atoms with van der Waals surface area (Å²) in [7, 11) is 1.59. The molecule has 1 aromatic rings. The molecule has 1 unspecified atom stereocenters. The quantitative estimate of drug-likeness (QED) is 0.803. The Morgan fingerprint density at radius 1 is 1.50 bits per heavy atom. The van der Waals surface area contributed by atoms with Gasteiger partial charge in [0.2, 0.25) is 0 Å². The van der Waals surface area contributed by atoms with E-state index in [1.54, 1.807) is 13.2 Å². The van der Waals surface area contributed by atoms with Crippen molar-refractivity contribution in [1.82, 2.24) is 0 Å². The van der Waals surface area contributed by atoms with Gasteiger partial charge in [0.05, 0.1) is 7.11 Å². The van der Waals surface area contributed by atoms with E-state index in [0.717, 1.165) is 17.7 Å². The van der Waals surface area contributed by atoms with Crippen LogP contribution in [0.5, 0.6) is 5.75 Å². The highest BCUT2D eigenvalue weighted by Crippen LogP contribution is 2.28. The van der Waals surface area contributed by atoms with Gasteiger partial charge >= 0.3 is 0 Å². The Balaban J connectivity index is 2.97. The Bertz CT molecular complexity index is 301. The van der Waals surface area contributed by atoms with Crippen LogP contribution in [0, 0.1) is 5.82 Å². The molecule has 0 fully saturated rings. The lowest BCUT2D eigenvalue weighted by molar-refractivity contribution is 0.404. The van der Waals surface area contributed by atoms with Crippen LogP contribution in [-0.4, -0.2) is 13.7 Å². The molecule has 0 amide bonds. The molecule has 1 rings (SSSR count). The highest BCUT2D eigenvalue weighted by molar-refractivity contribution is 5.36. The lowest BCUT2D eigenvalue weighted by atomic mass is 9.97. The first-order chi connectivity index (χ1) is 6.69. The minimum atomic E-state index is -0.232. The second-order valence-electron chi connectivity index (χ2n) is 3.36. The number of benzene rings is 1. The second-order valence-corrected chi connectivity index (χ2v) is 3.36. The number of rotatable bonds is 4. The molecule has 14 heavy (non-hydrogen) atoms. The number of hydrogen-bond donors (Lipinski definition) is 1. The van der Waals surface area contributed by atoms with Crippen molar-refractivity contribution in [2.24, 2.45) is 5.73 Å². The summed E-state index contributed by atoms with van der Waals surface area (Å²) in [6, 6.07) is 4.56. The largest absolute Gasteiger partial charge is 0.496 e. The van der Waals surface area contributed by atoms with E-state index in [0.29, 0.717) is 6.54 Å². The molecule has 0 aliphatic rings. The van der Waals surface area contributed by atoms with E-state index in [1.807, 2.05) is 6.92 Å². The van der Waals surface area contributed by atoms with Crippen LogP contribution in [0.2, 0.25) is 0 Å². The van der Waals surface area contributed by atoms with Gasteiger partial charge in [-0.15, -0.1) is 0 Å². The molecule has 2 nitrogen and oxygen atoms in total. The minimum absolute atomic E-state index is 0.227. The topological polar surface area (TPSA) is 35.2 Å². The molecule has 3 heteroatoms. The Morgan fingerprint density at radius 2 is 2.21 bits per heavy atom. The molecule has 0 saturated carbocycles. The zero-order valence-electron chi connectivity index (χ0n) is 8.59. The second kappa shape index (κ2) is 4.96. The van der Waals surface area contributed by atoms with E-state index >= 15 is 0 Å². The lowest BCUT2D eigenvalue weighted by Gasteiger charge is -2.14. The maximum atomic E-state index is 13.0. The molecule has 2 N–H and O–H groups in total. The van der Waals surface area contributed by atoms with E-state index in [9.17, 15) is 4.39 Å². The summed E-state index contributed by atoms with van der Waals surface area (Å²) in [5.74, 6) is 0.725. The summed E-state index contributed by atoms with van der Waals surface area (Å²) in [5, 5.41) is 0. The van der Waals surface area contributed by atoms with Gasteiger partial charge in [-0.05, 0) is 42.6 Å². The molecule has 0 saturated heterocycles. The third kappa shape index (κ3) is 2.45. The highest BCUT2D eigenvalue weighted by atomic mass is 19.1. The summed E-state index contributed by atoms with van der Waals surface area (Å²) in [6.07, 6.45) is 0.833. The zero-order chi connectivity index (χ0) is 10.6. The standard InChI is InChI=1S/C11H16FNO/c1-8(5-6-13)10-7-9(12)3-4-11(10)14-2/h3-4,7-8H,5-6,13H2,1-2H3. The fourth-order valence-electron chi connectivity index (χ4n) is 1.50. The van der Waals surface area contributed by atoms with Crippen LogP contribution in [-0.2, 0) is 0 Å². The van der Waals surface area contributed by atoms with Gasteiger partial charge in [-0.2, -0.15) is 0 Å². The average molecular weight is 197 g/mol. The molecule has 78 valence electrons. The maximum absolute atomic E-state index is 13.0. The van der Waals surface area contributed by atoms with Crippen LogP contribution >= 0.6 is 0 Å². The van der Waals surface area contributed by atoms with Crippen molar-refractivity contribution in [2.45, 2.75) is 19.3 Å². The van der Waals surface area contributed by atoms with Gasteiger partial charge in [-0.3, -0.25) is 0 Å². The van der Waals surface area contributed by atoms with E-state index in [1.165, 1.54) is 12.1 Å². The van der Waals surface area contributed by atoms with Gasteiger partial charge in [0.1, 0.15) is 11.6 Å². The molecular weight excluding hydrogens is 181 g/mol. The van der Waals surface area contributed by atoms with E-state index in [-0.39, 0.29) is 11.7 Å². The predicted octanol–water partition coefficient (Wildman–Crippen LogP) is 2.29. The Kier molecular flexibility index (Phi) is 3.89. The van der Waals surface area contributed by atoms with E-state index in [2.05, 4.69) is 0 Å². The third-order valence-corrected chi connectivity index (χ3v) is 2.32. The Hall–Kier alpha value is -1.09. The van der Waals surface area contributed by atoms with Gasteiger partial charge in [0, 0.05) is 0 Å². The van der Waals surface area contributed by atoms with Gasteiger partial charge < -0.3 is 10.5 Å². The number of halogens is 1. The normalized spacial score (nSPS) is 12.6. The number of nitrogens with two attached hydrogens (primary N) is 1. The zero-order valence-corrected chi connectivity index (χ0v) is 8.59. The molecule has 0 heterocycles. The van der Waals surface area contributed by atoms with Gasteiger partial charge in [0.25, 0.3) is 0 Å². The van der Waals surface area contributed by atoms with E-state index in [4.69, 9.17) is 10.5 Å². The maximum Gasteiger partial charge on any atom is 0.123 e. The molecular formula is C11H16FNO. The monoisotopic (exact) mass is 197 g/mol. The average Bonchev–Trinajstić information content (AvgIpc) is 2.18. The first-order valence-corrected chi connectivity index (χ1v) is 4.72. The summed E-state index contributed by atoms with van der Waals surface area (Å²) in [5.41, 5.74) is 6.35. The van der Waals surface area contributed by atoms with Crippen molar-refractivity contribution in [2.75, 3.05) is 13.7 Å². The summed E-state index contributed by atoms with van der Waals surface area (Å²) >= 11 is 0. The number of ether oxygens (including phenoxy) is 1. The van der Waals surface area contributed by atoms with Crippen LogP contribution in [0.25, 0.3) is 0 Å². The SMILES string of the molecule is COc1ccc(F)cc1C(C)CCN. The number of methoxy groups -OCH3 is 1. The van der Waals surface area contributed by atoms with Crippen molar-refractivity contribution < 1.29 is 9.13 Å². The van der Waals surface area contributed by atoms with Crippen molar-refractivity contribution in [3.05, 3.63) is 29.6 Å². The van der Waals surface area contributed by atoms with Gasteiger partial charge in [-0.25, -0.2) is 4.39 Å². The molecule has 0 radical (unpaired) electrons. The molecule has 0 aliphatic carbocycles. The Labute approximate surface area is 83.9 Å². The van der Waals surface area contributed by atoms with Crippen LogP contribution in [0.4, 0.5) is 4.39 Å². The summed E-state index contributed by atoms with van der Waals surface area (Å²) in [6.45, 7) is 2.62. The lowest BCUT2D eigenvalue weighted by Crippen LogP contribution is -2.06. The smallest absolute Gasteiger partial charge is 0.123 e. The Morgan fingerprint density at radius 3 is 2.79 bits per heavy atom. The van der Waals surface area contributed by atoms with E-state index < -0.39 is 0 Å². The molecule has 0 spiro atoms. The first-order valence-electron chi connectivity index (χ1n) is 4.72. The van der Waals surface area contributed by atoms with Crippen LogP contribution in [0.15, 0.2) is 18.2 Å². The van der Waals surface area contributed by atoms with Gasteiger partial charge in [0.15, 0.2) is 0 Å². The molecule has 0 aliphatic heterocycles. The van der Waals surface area contributed by atoms with Gasteiger partial charge in [-0.1, -0.05) is 6.92 Å². The third-order valence-electron chi connectivity index (χ3n) is 2.32. The fraction of sp³-hybridized carbons (Fsp3) is 0.455. The van der Waals surface area contributed by atoms with Crippen LogP contribution < -0.4 is 10.5 Å². The van der Waals surface area contributed by atoms with Crippen molar-refractivity contribution in [3.63, 3.8) is 0 Å². The summed E-state index contributed by atoms with van der Waals surface area (Å²) in [4.78, 5) is 0. The summed E-state index contributed by atoms with van der Waals surface area (Å²) < 4.78 is 18.2. The fourth-order valence-corrected chi connectivity index (χ4v) is 1.50. The van der Waals surface area contributed by atoms with Crippen molar-refractivity contribution in [3.8, 4) is 5.75 Å². The highest BCUT2D eigenvalue weighted by Gasteiger charge is 2.11. The molecule has 0 aromatic heterocycles. The van der Waals surface area contributed by atoms with Crippen molar-refractivity contribution in [1.29, 1.82) is 0 Å². The minimum Gasteiger partial charge on any atom is -0.496 e. The van der Waals surface area contributed by atoms with Crippen molar-refractivity contribution >= 4 is 0 Å². The van der Waals surface area contributed by atoms with Crippen LogP contribution in [0.3, 0.4) is 0 Å².